The molecule has 2 rings (SSSR count). The summed E-state index contributed by atoms with van der Waals surface area (Å²) in [7, 11) is 0. The van der Waals surface area contributed by atoms with Gasteiger partial charge in [-0.25, -0.2) is 9.18 Å². The lowest BCUT2D eigenvalue weighted by molar-refractivity contribution is 0.248. The summed E-state index contributed by atoms with van der Waals surface area (Å²) in [6.07, 6.45) is 1.44. The Balaban J connectivity index is 2.54. The maximum Gasteiger partial charge on any atom is 0.340 e. The summed E-state index contributed by atoms with van der Waals surface area (Å²) in [5.74, 6) is -0.371. The summed E-state index contributed by atoms with van der Waals surface area (Å²) < 4.78 is 14.0. The lowest BCUT2D eigenvalue weighted by Gasteiger charge is -2.02. The highest BCUT2D eigenvalue weighted by Gasteiger charge is 2.09. The summed E-state index contributed by atoms with van der Waals surface area (Å²) >= 11 is 0. The molecule has 0 saturated carbocycles. The van der Waals surface area contributed by atoms with Crippen molar-refractivity contribution in [2.75, 3.05) is 0 Å². The van der Waals surface area contributed by atoms with Gasteiger partial charge in [-0.05, 0) is 18.2 Å². The maximum atomic E-state index is 12.9. The Kier molecular flexibility index (Phi) is 2.21. The van der Waals surface area contributed by atoms with Gasteiger partial charge in [0.2, 0.25) is 0 Å². The third-order valence-corrected chi connectivity index (χ3v) is 1.97. The number of hydrogen-bond acceptors (Lipinski definition) is 2. The van der Waals surface area contributed by atoms with Crippen molar-refractivity contribution in [3.05, 3.63) is 42.3 Å². The van der Waals surface area contributed by atoms with Crippen LogP contribution in [-0.2, 0) is 0 Å². The number of primary amides is 1. The molecule has 0 aliphatic heterocycles. The molecule has 5 heteroatoms. The molecule has 0 aliphatic rings. The predicted octanol–water partition coefficient (Wildman–Crippen LogP) is 1.62. The predicted molar refractivity (Wildman–Crippen MR) is 52.6 cm³/mol. The number of rotatable bonds is 1. The van der Waals surface area contributed by atoms with Crippen LogP contribution in [0.2, 0.25) is 0 Å². The number of nitrogens with two attached hydrogens (primary N) is 1. The van der Waals surface area contributed by atoms with E-state index >= 15 is 0 Å². The Morgan fingerprint density at radius 1 is 1.40 bits per heavy atom. The molecule has 0 spiro atoms. The van der Waals surface area contributed by atoms with Crippen LogP contribution in [0, 0.1) is 5.82 Å². The molecular weight excluding hydrogens is 197 g/mol. The minimum Gasteiger partial charge on any atom is -0.350 e. The zero-order chi connectivity index (χ0) is 10.8. The first-order valence-electron chi connectivity index (χ1n) is 4.28. The van der Waals surface area contributed by atoms with E-state index in [4.69, 9.17) is 5.73 Å². The monoisotopic (exact) mass is 205 g/mol. The number of aromatic nitrogens is 2. The molecule has 0 atom stereocenters. The third-order valence-electron chi connectivity index (χ3n) is 1.97. The Morgan fingerprint density at radius 2 is 2.20 bits per heavy atom. The molecule has 1 aromatic carbocycles. The molecule has 0 aliphatic carbocycles. The fourth-order valence-electron chi connectivity index (χ4n) is 1.35. The molecule has 76 valence electrons. The molecule has 1 heterocycles. The topological polar surface area (TPSA) is 60.9 Å². The number of carbonyl (C=O) groups excluding carboxylic acids is 1. The van der Waals surface area contributed by atoms with Crippen LogP contribution in [0.1, 0.15) is 0 Å². The number of halogens is 1. The van der Waals surface area contributed by atoms with Gasteiger partial charge in [0.05, 0.1) is 11.9 Å². The van der Waals surface area contributed by atoms with Crippen molar-refractivity contribution in [1.82, 2.24) is 9.78 Å². The van der Waals surface area contributed by atoms with Crippen molar-refractivity contribution in [3.63, 3.8) is 0 Å². The summed E-state index contributed by atoms with van der Waals surface area (Å²) in [6.45, 7) is 0. The second-order valence-electron chi connectivity index (χ2n) is 2.98. The lowest BCUT2D eigenvalue weighted by Crippen LogP contribution is -2.21. The van der Waals surface area contributed by atoms with Crippen molar-refractivity contribution < 1.29 is 9.18 Å². The molecule has 0 saturated heterocycles. The summed E-state index contributed by atoms with van der Waals surface area (Å²) in [4.78, 5) is 11.0. The van der Waals surface area contributed by atoms with E-state index in [2.05, 4.69) is 5.10 Å². The number of hydrogen-bond donors (Lipinski definition) is 1. The van der Waals surface area contributed by atoms with Crippen molar-refractivity contribution in [2.45, 2.75) is 0 Å². The van der Waals surface area contributed by atoms with Crippen LogP contribution >= 0.6 is 0 Å². The fourth-order valence-corrected chi connectivity index (χ4v) is 1.35. The van der Waals surface area contributed by atoms with Crippen LogP contribution in [0.5, 0.6) is 0 Å². The smallest absolute Gasteiger partial charge is 0.340 e. The standard InChI is InChI=1S/C10H8FN3O/c11-8-3-1-2-7(6-8)9-4-5-13-14(9)10(12)15/h1-6H,(H2,12,15). The molecule has 0 unspecified atom stereocenters. The number of nitrogens with zero attached hydrogens (tertiary/aromatic N) is 2. The van der Waals surface area contributed by atoms with Crippen molar-refractivity contribution >= 4 is 6.03 Å². The van der Waals surface area contributed by atoms with Gasteiger partial charge in [-0.1, -0.05) is 12.1 Å². The minimum atomic E-state index is -0.695. The van der Waals surface area contributed by atoms with Crippen LogP contribution < -0.4 is 5.73 Å². The molecule has 1 amide bonds. The third kappa shape index (κ3) is 1.71. The van der Waals surface area contributed by atoms with Crippen LogP contribution in [0.4, 0.5) is 9.18 Å². The van der Waals surface area contributed by atoms with Gasteiger partial charge in [0.15, 0.2) is 0 Å². The highest BCUT2D eigenvalue weighted by atomic mass is 19.1. The molecule has 2 aromatic rings. The number of amides is 1. The van der Waals surface area contributed by atoms with E-state index in [-0.39, 0.29) is 5.82 Å². The van der Waals surface area contributed by atoms with Gasteiger partial charge in [-0.3, -0.25) is 0 Å². The van der Waals surface area contributed by atoms with Crippen LogP contribution in [0.15, 0.2) is 36.5 Å². The van der Waals surface area contributed by atoms with Gasteiger partial charge in [0.25, 0.3) is 0 Å². The lowest BCUT2D eigenvalue weighted by atomic mass is 10.1. The van der Waals surface area contributed by atoms with E-state index in [1.165, 1.54) is 18.3 Å². The van der Waals surface area contributed by atoms with Crippen LogP contribution in [0.3, 0.4) is 0 Å². The summed E-state index contributed by atoms with van der Waals surface area (Å²) in [5.41, 5.74) is 6.14. The average Bonchev–Trinajstić information content (AvgIpc) is 2.65. The van der Waals surface area contributed by atoms with Gasteiger partial charge in [-0.15, -0.1) is 0 Å². The van der Waals surface area contributed by atoms with Crippen molar-refractivity contribution in [2.24, 2.45) is 5.73 Å². The summed E-state index contributed by atoms with van der Waals surface area (Å²) in [5, 5.41) is 3.74. The van der Waals surface area contributed by atoms with E-state index in [0.717, 1.165) is 4.68 Å². The van der Waals surface area contributed by atoms with Crippen molar-refractivity contribution in [1.29, 1.82) is 0 Å². The van der Waals surface area contributed by atoms with E-state index < -0.39 is 6.03 Å². The molecule has 4 nitrogen and oxygen atoms in total. The first-order chi connectivity index (χ1) is 7.18. The first-order valence-corrected chi connectivity index (χ1v) is 4.28. The highest BCUT2D eigenvalue weighted by molar-refractivity contribution is 5.79. The van der Waals surface area contributed by atoms with Gasteiger partial charge in [0.1, 0.15) is 5.82 Å². The second kappa shape index (κ2) is 3.53. The molecule has 0 fully saturated rings. The Hall–Kier alpha value is -2.17. The highest BCUT2D eigenvalue weighted by Crippen LogP contribution is 2.19. The van der Waals surface area contributed by atoms with Crippen molar-refractivity contribution in [3.8, 4) is 11.3 Å². The van der Waals surface area contributed by atoms with E-state index in [0.29, 0.717) is 11.3 Å². The molecule has 0 radical (unpaired) electrons. The fraction of sp³-hybridized carbons (Fsp3) is 0. The summed E-state index contributed by atoms with van der Waals surface area (Å²) in [6, 6.07) is 6.78. The minimum absolute atomic E-state index is 0.371. The van der Waals surface area contributed by atoms with Gasteiger partial charge >= 0.3 is 6.03 Å². The zero-order valence-corrected chi connectivity index (χ0v) is 7.72. The molecule has 15 heavy (non-hydrogen) atoms. The number of benzene rings is 1. The largest absolute Gasteiger partial charge is 0.350 e. The normalized spacial score (nSPS) is 10.2. The van der Waals surface area contributed by atoms with Crippen LogP contribution in [-0.4, -0.2) is 15.8 Å². The molecule has 0 bridgehead atoms. The average molecular weight is 205 g/mol. The second-order valence-corrected chi connectivity index (χ2v) is 2.98. The zero-order valence-electron chi connectivity index (χ0n) is 7.72. The number of carbonyl (C=O) groups is 1. The van der Waals surface area contributed by atoms with Gasteiger partial charge in [0, 0.05) is 5.56 Å². The Labute approximate surface area is 85.1 Å². The quantitative estimate of drug-likeness (QED) is 0.768. The van der Waals surface area contributed by atoms with Gasteiger partial charge in [-0.2, -0.15) is 9.78 Å². The van der Waals surface area contributed by atoms with E-state index in [1.807, 2.05) is 0 Å². The molecule has 1 aromatic heterocycles. The Bertz CT molecular complexity index is 507. The van der Waals surface area contributed by atoms with E-state index in [9.17, 15) is 9.18 Å². The first kappa shape index (κ1) is 9.39. The van der Waals surface area contributed by atoms with Crippen LogP contribution in [0.25, 0.3) is 11.3 Å². The Morgan fingerprint density at radius 3 is 2.87 bits per heavy atom. The van der Waals surface area contributed by atoms with Gasteiger partial charge < -0.3 is 5.73 Å². The maximum absolute atomic E-state index is 12.9. The van der Waals surface area contributed by atoms with E-state index in [1.54, 1.807) is 18.2 Å². The SMILES string of the molecule is NC(=O)n1nccc1-c1cccc(F)c1. The molecular formula is C10H8FN3O. The molecule has 2 N–H and O–H groups in total.